The van der Waals surface area contributed by atoms with E-state index in [1.165, 1.54) is 0 Å². The number of aliphatic carboxylic acids is 1. The Balaban J connectivity index is 2.75. The van der Waals surface area contributed by atoms with Crippen LogP contribution in [-0.2, 0) is 4.79 Å². The van der Waals surface area contributed by atoms with E-state index in [9.17, 15) is 4.79 Å². The van der Waals surface area contributed by atoms with Crippen LogP contribution in [0.2, 0.25) is 0 Å². The van der Waals surface area contributed by atoms with E-state index < -0.39 is 5.97 Å². The molecule has 20 heavy (non-hydrogen) atoms. The molecule has 4 nitrogen and oxygen atoms in total. The first-order chi connectivity index (χ1) is 9.40. The van der Waals surface area contributed by atoms with Crippen LogP contribution in [0.5, 0.6) is 5.75 Å². The van der Waals surface area contributed by atoms with Crippen LogP contribution in [0.1, 0.15) is 12.0 Å². The summed E-state index contributed by atoms with van der Waals surface area (Å²) >= 11 is 6.81. The number of benzene rings is 1. The molecule has 0 spiro atoms. The summed E-state index contributed by atoms with van der Waals surface area (Å²) in [5.74, 6) is 4.19. The first-order valence-electron chi connectivity index (χ1n) is 5.91. The van der Waals surface area contributed by atoms with E-state index in [1.807, 2.05) is 14.1 Å². The SMILES string of the molecule is CN(C)CCCOc1c(Br)cc(C#CC(=O)O)cc1Br. The molecule has 0 radical (unpaired) electrons. The molecule has 0 aromatic heterocycles. The van der Waals surface area contributed by atoms with E-state index >= 15 is 0 Å². The summed E-state index contributed by atoms with van der Waals surface area (Å²) in [6, 6.07) is 3.48. The molecule has 0 fully saturated rings. The standard InChI is InChI=1S/C14H15Br2NO3/c1-17(2)6-3-7-20-14-11(15)8-10(9-12(14)16)4-5-13(18)19/h8-9H,3,6-7H2,1-2H3,(H,18,19). The van der Waals surface area contributed by atoms with Gasteiger partial charge in [0, 0.05) is 18.0 Å². The Morgan fingerprint density at radius 1 is 1.35 bits per heavy atom. The average molecular weight is 405 g/mol. The van der Waals surface area contributed by atoms with Crippen molar-refractivity contribution in [1.29, 1.82) is 0 Å². The number of hydrogen-bond acceptors (Lipinski definition) is 3. The molecule has 0 unspecified atom stereocenters. The number of rotatable bonds is 5. The molecule has 0 aliphatic rings. The van der Waals surface area contributed by atoms with Gasteiger partial charge in [0.1, 0.15) is 5.75 Å². The lowest BCUT2D eigenvalue weighted by atomic mass is 10.2. The van der Waals surface area contributed by atoms with Crippen molar-refractivity contribution in [2.75, 3.05) is 27.2 Å². The quantitative estimate of drug-likeness (QED) is 0.605. The molecular weight excluding hydrogens is 390 g/mol. The zero-order chi connectivity index (χ0) is 15.1. The van der Waals surface area contributed by atoms with Crippen molar-refractivity contribution in [2.24, 2.45) is 0 Å². The monoisotopic (exact) mass is 403 g/mol. The zero-order valence-electron chi connectivity index (χ0n) is 11.2. The fourth-order valence-corrected chi connectivity index (χ4v) is 2.87. The fourth-order valence-electron chi connectivity index (χ4n) is 1.45. The lowest BCUT2D eigenvalue weighted by Crippen LogP contribution is -2.15. The molecule has 0 atom stereocenters. The minimum Gasteiger partial charge on any atom is -0.491 e. The molecule has 1 N–H and O–H groups in total. The maximum absolute atomic E-state index is 10.4. The van der Waals surface area contributed by atoms with E-state index in [-0.39, 0.29) is 0 Å². The molecule has 1 aromatic rings. The number of hydrogen-bond donors (Lipinski definition) is 1. The van der Waals surface area contributed by atoms with Gasteiger partial charge in [-0.3, -0.25) is 0 Å². The minimum atomic E-state index is -1.15. The third-order valence-corrected chi connectivity index (χ3v) is 3.49. The second kappa shape index (κ2) is 8.30. The van der Waals surface area contributed by atoms with Gasteiger partial charge in [-0.05, 0) is 64.5 Å². The van der Waals surface area contributed by atoms with Gasteiger partial charge >= 0.3 is 5.97 Å². The number of ether oxygens (including phenoxy) is 1. The highest BCUT2D eigenvalue weighted by molar-refractivity contribution is 9.11. The van der Waals surface area contributed by atoms with Gasteiger partial charge in [-0.1, -0.05) is 5.92 Å². The van der Waals surface area contributed by atoms with Crippen LogP contribution in [-0.4, -0.2) is 43.2 Å². The Kier molecular flexibility index (Phi) is 7.06. The number of nitrogens with zero attached hydrogens (tertiary/aromatic N) is 1. The van der Waals surface area contributed by atoms with Crippen molar-refractivity contribution in [3.63, 3.8) is 0 Å². The summed E-state index contributed by atoms with van der Waals surface area (Å²) in [5.41, 5.74) is 0.604. The molecule has 0 saturated heterocycles. The van der Waals surface area contributed by atoms with Crippen LogP contribution in [0.15, 0.2) is 21.1 Å². The molecule has 0 bridgehead atoms. The van der Waals surface area contributed by atoms with E-state index in [0.717, 1.165) is 21.9 Å². The molecule has 6 heteroatoms. The largest absolute Gasteiger partial charge is 0.491 e. The third kappa shape index (κ3) is 5.95. The van der Waals surface area contributed by atoms with Crippen LogP contribution >= 0.6 is 31.9 Å². The highest BCUT2D eigenvalue weighted by Gasteiger charge is 2.08. The number of carbonyl (C=O) groups is 1. The Morgan fingerprint density at radius 2 is 1.95 bits per heavy atom. The summed E-state index contributed by atoms with van der Waals surface area (Å²) in [7, 11) is 4.03. The first-order valence-corrected chi connectivity index (χ1v) is 7.50. The van der Waals surface area contributed by atoms with Gasteiger partial charge in [0.15, 0.2) is 0 Å². The van der Waals surface area contributed by atoms with Crippen LogP contribution < -0.4 is 4.74 Å². The summed E-state index contributed by atoms with van der Waals surface area (Å²) < 4.78 is 7.20. The van der Waals surface area contributed by atoms with Crippen LogP contribution in [0.3, 0.4) is 0 Å². The summed E-state index contributed by atoms with van der Waals surface area (Å²) in [6.07, 6.45) is 0.923. The van der Waals surface area contributed by atoms with Crippen molar-refractivity contribution in [2.45, 2.75) is 6.42 Å². The Hall–Kier alpha value is -1.03. The van der Waals surface area contributed by atoms with Crippen LogP contribution in [0.25, 0.3) is 0 Å². The molecule has 0 heterocycles. The number of carboxylic acid groups (broad SMARTS) is 1. The number of halogens is 2. The number of carboxylic acids is 1. The lowest BCUT2D eigenvalue weighted by molar-refractivity contribution is -0.130. The normalized spacial score (nSPS) is 10.1. The maximum atomic E-state index is 10.4. The Bertz CT molecular complexity index is 524. The second-order valence-corrected chi connectivity index (χ2v) is 6.04. The fraction of sp³-hybridized carbons (Fsp3) is 0.357. The highest BCUT2D eigenvalue weighted by Crippen LogP contribution is 2.34. The van der Waals surface area contributed by atoms with Crippen molar-refractivity contribution < 1.29 is 14.6 Å². The summed E-state index contributed by atoms with van der Waals surface area (Å²) in [6.45, 7) is 1.56. The Labute approximate surface area is 135 Å². The van der Waals surface area contributed by atoms with Crippen molar-refractivity contribution in [3.8, 4) is 17.6 Å². The molecule has 0 amide bonds. The van der Waals surface area contributed by atoms with Crippen LogP contribution in [0.4, 0.5) is 0 Å². The van der Waals surface area contributed by atoms with Gasteiger partial charge in [0.05, 0.1) is 15.6 Å². The van der Waals surface area contributed by atoms with E-state index in [1.54, 1.807) is 12.1 Å². The molecule has 1 rings (SSSR count). The van der Waals surface area contributed by atoms with Gasteiger partial charge in [0.2, 0.25) is 0 Å². The highest BCUT2D eigenvalue weighted by atomic mass is 79.9. The minimum absolute atomic E-state index is 0.604. The van der Waals surface area contributed by atoms with Gasteiger partial charge < -0.3 is 14.7 Å². The molecule has 0 aliphatic carbocycles. The third-order valence-electron chi connectivity index (χ3n) is 2.31. The van der Waals surface area contributed by atoms with Gasteiger partial charge in [-0.2, -0.15) is 0 Å². The van der Waals surface area contributed by atoms with Crippen molar-refractivity contribution in [3.05, 3.63) is 26.6 Å². The molecular formula is C14H15Br2NO3. The molecule has 1 aromatic carbocycles. The molecule has 108 valence electrons. The first kappa shape index (κ1) is 17.0. The van der Waals surface area contributed by atoms with Gasteiger partial charge in [-0.15, -0.1) is 0 Å². The van der Waals surface area contributed by atoms with E-state index in [4.69, 9.17) is 9.84 Å². The van der Waals surface area contributed by atoms with E-state index in [0.29, 0.717) is 17.9 Å². The average Bonchev–Trinajstić information content (AvgIpc) is 2.34. The second-order valence-electron chi connectivity index (χ2n) is 4.33. The Morgan fingerprint density at radius 3 is 2.45 bits per heavy atom. The maximum Gasteiger partial charge on any atom is 0.382 e. The van der Waals surface area contributed by atoms with E-state index in [2.05, 4.69) is 48.6 Å². The predicted octanol–water partition coefficient (Wildman–Crippen LogP) is 2.98. The zero-order valence-corrected chi connectivity index (χ0v) is 14.4. The molecule has 0 aliphatic heterocycles. The smallest absolute Gasteiger partial charge is 0.382 e. The summed E-state index contributed by atoms with van der Waals surface area (Å²) in [5, 5.41) is 8.53. The van der Waals surface area contributed by atoms with Crippen LogP contribution in [0, 0.1) is 11.8 Å². The molecule has 0 saturated carbocycles. The van der Waals surface area contributed by atoms with Gasteiger partial charge in [-0.25, -0.2) is 4.79 Å². The van der Waals surface area contributed by atoms with Crippen molar-refractivity contribution in [1.82, 2.24) is 4.90 Å². The van der Waals surface area contributed by atoms with Crippen molar-refractivity contribution >= 4 is 37.8 Å². The summed E-state index contributed by atoms with van der Waals surface area (Å²) in [4.78, 5) is 12.5. The lowest BCUT2D eigenvalue weighted by Gasteiger charge is -2.13. The van der Waals surface area contributed by atoms with Gasteiger partial charge in [0.25, 0.3) is 0 Å². The topological polar surface area (TPSA) is 49.8 Å². The predicted molar refractivity (Wildman–Crippen MR) is 85.0 cm³/mol.